The molecule has 1 fully saturated rings. The highest BCUT2D eigenvalue weighted by molar-refractivity contribution is 8.00. The number of fused-ring (bicyclic) bond motifs is 1. The molecule has 1 heterocycles. The Labute approximate surface area is 150 Å². The van der Waals surface area contributed by atoms with Crippen LogP contribution in [0.25, 0.3) is 10.9 Å². The first-order valence-corrected chi connectivity index (χ1v) is 9.23. The molecule has 1 aromatic carbocycles. The molecule has 1 saturated carbocycles. The van der Waals surface area contributed by atoms with Crippen molar-refractivity contribution in [2.24, 2.45) is 0 Å². The van der Waals surface area contributed by atoms with Gasteiger partial charge in [0.2, 0.25) is 5.91 Å². The van der Waals surface area contributed by atoms with Gasteiger partial charge in [-0.1, -0.05) is 23.9 Å². The maximum absolute atomic E-state index is 12.1. The van der Waals surface area contributed by atoms with Crippen LogP contribution in [0.2, 0.25) is 0 Å². The molecule has 3 amide bonds. The quantitative estimate of drug-likeness (QED) is 0.542. The number of urea groups is 1. The van der Waals surface area contributed by atoms with Gasteiger partial charge in [0, 0.05) is 18.0 Å². The summed E-state index contributed by atoms with van der Waals surface area (Å²) in [7, 11) is 0. The lowest BCUT2D eigenvalue weighted by molar-refractivity contribution is -0.119. The first-order valence-electron chi connectivity index (χ1n) is 8.35. The standard InChI is InChI=1S/C17H21N5O2S/c1-3-18-16(24)22-15(23)10(2)25-17-20-13-7-5-4-6-12(13)14(21-17)19-11-8-9-11/h4-7,10-11H,3,8-9H2,1-2H3,(H,19,20,21)(H2,18,22,23,24)/t10-/m1/s1. The lowest BCUT2D eigenvalue weighted by Crippen LogP contribution is -2.42. The average Bonchev–Trinajstić information content (AvgIpc) is 3.39. The second-order valence-electron chi connectivity index (χ2n) is 5.90. The molecule has 0 saturated heterocycles. The second-order valence-corrected chi connectivity index (χ2v) is 7.21. The van der Waals surface area contributed by atoms with Gasteiger partial charge in [-0.3, -0.25) is 10.1 Å². The third-order valence-corrected chi connectivity index (χ3v) is 4.69. The van der Waals surface area contributed by atoms with Crippen LogP contribution in [0, 0.1) is 0 Å². The van der Waals surface area contributed by atoms with Crippen LogP contribution in [-0.2, 0) is 4.79 Å². The molecule has 0 bridgehead atoms. The van der Waals surface area contributed by atoms with Crippen LogP contribution in [0.5, 0.6) is 0 Å². The van der Waals surface area contributed by atoms with Gasteiger partial charge in [0.1, 0.15) is 5.82 Å². The van der Waals surface area contributed by atoms with Crippen molar-refractivity contribution >= 4 is 40.4 Å². The highest BCUT2D eigenvalue weighted by atomic mass is 32.2. The van der Waals surface area contributed by atoms with E-state index in [0.717, 1.165) is 29.6 Å². The van der Waals surface area contributed by atoms with Crippen LogP contribution in [0.1, 0.15) is 26.7 Å². The Hall–Kier alpha value is -2.35. The van der Waals surface area contributed by atoms with E-state index < -0.39 is 11.3 Å². The fourth-order valence-electron chi connectivity index (χ4n) is 2.27. The van der Waals surface area contributed by atoms with E-state index in [9.17, 15) is 9.59 Å². The number of imide groups is 1. The third-order valence-electron chi connectivity index (χ3n) is 3.73. The number of nitrogens with zero attached hydrogens (tertiary/aromatic N) is 2. The first kappa shape index (κ1) is 17.5. The summed E-state index contributed by atoms with van der Waals surface area (Å²) < 4.78 is 0. The number of thioether (sulfide) groups is 1. The van der Waals surface area contributed by atoms with Crippen molar-refractivity contribution in [2.45, 2.75) is 43.1 Å². The Balaban J connectivity index is 1.76. The van der Waals surface area contributed by atoms with Crippen molar-refractivity contribution in [3.05, 3.63) is 24.3 Å². The molecule has 0 aliphatic heterocycles. The third kappa shape index (κ3) is 4.60. The molecule has 1 atom stereocenters. The molecule has 0 unspecified atom stereocenters. The predicted octanol–water partition coefficient (Wildman–Crippen LogP) is 2.53. The molecular formula is C17H21N5O2S. The molecule has 0 spiro atoms. The topological polar surface area (TPSA) is 96.0 Å². The van der Waals surface area contributed by atoms with E-state index in [2.05, 4.69) is 25.9 Å². The molecule has 3 rings (SSSR count). The van der Waals surface area contributed by atoms with Crippen molar-refractivity contribution in [1.82, 2.24) is 20.6 Å². The highest BCUT2D eigenvalue weighted by Gasteiger charge is 2.24. The Bertz CT molecular complexity index is 794. The molecule has 0 radical (unpaired) electrons. The number of benzene rings is 1. The number of hydrogen-bond donors (Lipinski definition) is 3. The van der Waals surface area contributed by atoms with E-state index in [4.69, 9.17) is 0 Å². The molecule has 1 aliphatic carbocycles. The summed E-state index contributed by atoms with van der Waals surface area (Å²) in [5.41, 5.74) is 0.833. The van der Waals surface area contributed by atoms with Gasteiger partial charge in [-0.2, -0.15) is 0 Å². The summed E-state index contributed by atoms with van der Waals surface area (Å²) >= 11 is 1.23. The largest absolute Gasteiger partial charge is 0.367 e. The number of carbonyl (C=O) groups is 2. The minimum absolute atomic E-state index is 0.371. The average molecular weight is 359 g/mol. The Morgan fingerprint density at radius 2 is 2.04 bits per heavy atom. The SMILES string of the molecule is CCNC(=O)NC(=O)[C@@H](C)Sc1nc(NC2CC2)c2ccccc2n1. The maximum atomic E-state index is 12.1. The van der Waals surface area contributed by atoms with E-state index in [0.29, 0.717) is 17.7 Å². The minimum atomic E-state index is -0.490. The number of aromatic nitrogens is 2. The van der Waals surface area contributed by atoms with Gasteiger partial charge in [-0.05, 0) is 38.8 Å². The van der Waals surface area contributed by atoms with Crippen molar-refractivity contribution in [1.29, 1.82) is 0 Å². The Morgan fingerprint density at radius 1 is 1.28 bits per heavy atom. The fourth-order valence-corrected chi connectivity index (χ4v) is 3.05. The summed E-state index contributed by atoms with van der Waals surface area (Å²) in [4.78, 5) is 32.7. The van der Waals surface area contributed by atoms with Crippen LogP contribution >= 0.6 is 11.8 Å². The number of amides is 3. The van der Waals surface area contributed by atoms with Crippen LogP contribution in [0.4, 0.5) is 10.6 Å². The molecular weight excluding hydrogens is 338 g/mol. The first-order chi connectivity index (χ1) is 12.1. The zero-order valence-corrected chi connectivity index (χ0v) is 15.0. The summed E-state index contributed by atoms with van der Waals surface area (Å²) in [6.45, 7) is 3.98. The number of hydrogen-bond acceptors (Lipinski definition) is 6. The lowest BCUT2D eigenvalue weighted by atomic mass is 10.2. The second kappa shape index (κ2) is 7.69. The summed E-state index contributed by atoms with van der Waals surface area (Å²) in [5.74, 6) is 0.427. The number of carbonyl (C=O) groups excluding carboxylic acids is 2. The van der Waals surface area contributed by atoms with Gasteiger partial charge in [-0.15, -0.1) is 0 Å². The number of rotatable bonds is 6. The minimum Gasteiger partial charge on any atom is -0.367 e. The summed E-state index contributed by atoms with van der Waals surface area (Å²) in [6, 6.07) is 7.78. The van der Waals surface area contributed by atoms with Crippen LogP contribution in [-0.4, -0.2) is 39.7 Å². The molecule has 3 N–H and O–H groups in total. The monoisotopic (exact) mass is 359 g/mol. The van der Waals surface area contributed by atoms with Crippen molar-refractivity contribution < 1.29 is 9.59 Å². The van der Waals surface area contributed by atoms with E-state index in [1.807, 2.05) is 24.3 Å². The molecule has 132 valence electrons. The van der Waals surface area contributed by atoms with Gasteiger partial charge in [-0.25, -0.2) is 14.8 Å². The molecule has 8 heteroatoms. The number of anilines is 1. The predicted molar refractivity (Wildman–Crippen MR) is 98.7 cm³/mol. The van der Waals surface area contributed by atoms with E-state index in [-0.39, 0.29) is 5.91 Å². The number of para-hydroxylation sites is 1. The lowest BCUT2D eigenvalue weighted by Gasteiger charge is -2.13. The van der Waals surface area contributed by atoms with Crippen molar-refractivity contribution in [3.8, 4) is 0 Å². The highest BCUT2D eigenvalue weighted by Crippen LogP contribution is 2.30. The Morgan fingerprint density at radius 3 is 2.76 bits per heavy atom. The maximum Gasteiger partial charge on any atom is 0.321 e. The van der Waals surface area contributed by atoms with Crippen LogP contribution < -0.4 is 16.0 Å². The molecule has 2 aromatic rings. The smallest absolute Gasteiger partial charge is 0.321 e. The van der Waals surface area contributed by atoms with Crippen LogP contribution in [0.3, 0.4) is 0 Å². The van der Waals surface area contributed by atoms with Crippen molar-refractivity contribution in [3.63, 3.8) is 0 Å². The van der Waals surface area contributed by atoms with Gasteiger partial charge in [0.05, 0.1) is 10.8 Å². The zero-order chi connectivity index (χ0) is 17.8. The summed E-state index contributed by atoms with van der Waals surface area (Å²) in [6.07, 6.45) is 2.29. The molecule has 25 heavy (non-hydrogen) atoms. The van der Waals surface area contributed by atoms with Crippen molar-refractivity contribution in [2.75, 3.05) is 11.9 Å². The molecule has 7 nitrogen and oxygen atoms in total. The van der Waals surface area contributed by atoms with Gasteiger partial charge < -0.3 is 10.6 Å². The zero-order valence-electron chi connectivity index (χ0n) is 14.2. The van der Waals surface area contributed by atoms with E-state index >= 15 is 0 Å². The van der Waals surface area contributed by atoms with Gasteiger partial charge in [0.25, 0.3) is 0 Å². The fraction of sp³-hybridized carbons (Fsp3) is 0.412. The van der Waals surface area contributed by atoms with Crippen LogP contribution in [0.15, 0.2) is 29.4 Å². The van der Waals surface area contributed by atoms with E-state index in [1.165, 1.54) is 11.8 Å². The van der Waals surface area contributed by atoms with Gasteiger partial charge in [0.15, 0.2) is 5.16 Å². The molecule has 1 aliphatic rings. The molecule has 1 aromatic heterocycles. The van der Waals surface area contributed by atoms with Gasteiger partial charge >= 0.3 is 6.03 Å². The van der Waals surface area contributed by atoms with E-state index in [1.54, 1.807) is 13.8 Å². The number of nitrogens with one attached hydrogen (secondary N) is 3. The normalized spacial score (nSPS) is 14.8. The summed E-state index contributed by atoms with van der Waals surface area (Å²) in [5, 5.41) is 9.27. The Kier molecular flexibility index (Phi) is 5.37.